The zero-order valence-electron chi connectivity index (χ0n) is 25.0. The molecule has 5 heterocycles. The number of aryl methyl sites for hydroxylation is 1. The second-order valence-corrected chi connectivity index (χ2v) is 14.6. The third kappa shape index (κ3) is 5.60. The molecule has 0 spiro atoms. The zero-order valence-corrected chi connectivity index (χ0v) is 26.6. The normalized spacial score (nSPS) is 22.6. The van der Waals surface area contributed by atoms with Gasteiger partial charge in [-0.25, -0.2) is 4.79 Å². The molecule has 11 heteroatoms. The number of halogens is 1. The first-order valence-corrected chi connectivity index (χ1v) is 16.0. The lowest BCUT2D eigenvalue weighted by Gasteiger charge is -2.38. The average Bonchev–Trinajstić information content (AvgIpc) is 3.62. The fourth-order valence-corrected chi connectivity index (χ4v) is 8.00. The van der Waals surface area contributed by atoms with Crippen LogP contribution in [-0.2, 0) is 27.3 Å². The number of carbonyl (C=O) groups is 3. The van der Waals surface area contributed by atoms with Crippen LogP contribution in [0.1, 0.15) is 63.8 Å². The molecule has 0 aliphatic carbocycles. The third-order valence-corrected chi connectivity index (χ3v) is 9.98. The van der Waals surface area contributed by atoms with E-state index in [2.05, 4.69) is 9.88 Å². The van der Waals surface area contributed by atoms with Gasteiger partial charge in [0.1, 0.15) is 5.60 Å². The molecule has 3 aromatic rings. The van der Waals surface area contributed by atoms with E-state index in [0.29, 0.717) is 18.0 Å². The Hall–Kier alpha value is -3.21. The number of thiophene rings is 1. The number of imide groups is 1. The minimum absolute atomic E-state index is 0.0351. The number of aliphatic hydroxyl groups is 1. The van der Waals surface area contributed by atoms with Gasteiger partial charge >= 0.3 is 6.09 Å². The lowest BCUT2D eigenvalue weighted by molar-refractivity contribution is -0.139. The van der Waals surface area contributed by atoms with Crippen molar-refractivity contribution < 1.29 is 24.2 Å². The van der Waals surface area contributed by atoms with Crippen molar-refractivity contribution in [3.05, 3.63) is 45.9 Å². The van der Waals surface area contributed by atoms with E-state index in [1.165, 1.54) is 16.2 Å². The first-order valence-electron chi connectivity index (χ1n) is 14.8. The fraction of sp³-hybridized carbons (Fsp3) is 0.500. The highest BCUT2D eigenvalue weighted by Gasteiger charge is 2.48. The lowest BCUT2D eigenvalue weighted by Crippen LogP contribution is -2.49. The first-order chi connectivity index (χ1) is 20.4. The molecule has 0 bridgehead atoms. The molecule has 3 amide bonds. The number of pyridine rings is 1. The van der Waals surface area contributed by atoms with Gasteiger partial charge in [-0.3, -0.25) is 24.4 Å². The van der Waals surface area contributed by atoms with Crippen molar-refractivity contribution in [2.75, 3.05) is 24.6 Å². The summed E-state index contributed by atoms with van der Waals surface area (Å²) in [5.74, 6) is -0.274. The van der Waals surface area contributed by atoms with Crippen LogP contribution in [0.5, 0.6) is 0 Å². The number of aromatic nitrogens is 1. The molecule has 9 nitrogen and oxygen atoms in total. The Kier molecular flexibility index (Phi) is 7.67. The van der Waals surface area contributed by atoms with Gasteiger partial charge in [-0.05, 0) is 76.8 Å². The summed E-state index contributed by atoms with van der Waals surface area (Å²) in [6, 6.07) is 7.94. The highest BCUT2D eigenvalue weighted by Crippen LogP contribution is 2.46. The molecular formula is C32H37ClN4O5S. The van der Waals surface area contributed by atoms with Crippen LogP contribution >= 0.6 is 22.9 Å². The second-order valence-electron chi connectivity index (χ2n) is 13.0. The number of aliphatic hydroxyl groups excluding tert-OH is 1. The Morgan fingerprint density at radius 3 is 2.60 bits per heavy atom. The van der Waals surface area contributed by atoms with Gasteiger partial charge in [0.2, 0.25) is 11.8 Å². The van der Waals surface area contributed by atoms with Gasteiger partial charge in [0, 0.05) is 64.9 Å². The zero-order chi connectivity index (χ0) is 30.7. The summed E-state index contributed by atoms with van der Waals surface area (Å²) in [5.41, 5.74) is 3.60. The van der Waals surface area contributed by atoms with E-state index in [-0.39, 0.29) is 43.8 Å². The molecule has 1 aromatic carbocycles. The summed E-state index contributed by atoms with van der Waals surface area (Å²) in [6.07, 6.45) is 4.30. The number of fused-ring (bicyclic) bond motifs is 2. The number of anilines is 1. The summed E-state index contributed by atoms with van der Waals surface area (Å²) in [5, 5.41) is 11.1. The number of hydrogen-bond acceptors (Lipinski definition) is 8. The van der Waals surface area contributed by atoms with Gasteiger partial charge in [-0.1, -0.05) is 11.6 Å². The summed E-state index contributed by atoms with van der Waals surface area (Å²) in [6.45, 7) is 8.77. The van der Waals surface area contributed by atoms with Crippen LogP contribution in [0.4, 0.5) is 10.5 Å². The number of benzene rings is 1. The Labute approximate surface area is 260 Å². The SMILES string of the molecule is CC(C)(C)OC(=O)N1C[C@@H](N2CCCc3cc(Cl)cc(-c4ccnc5cc(CN6C(=O)CCC6=O)sc45)c32)C[C@]1(C)CO. The van der Waals surface area contributed by atoms with Crippen molar-refractivity contribution >= 4 is 56.7 Å². The Balaban J connectivity index is 1.39. The molecule has 2 atom stereocenters. The van der Waals surface area contributed by atoms with Crippen molar-refractivity contribution in [2.45, 2.75) is 83.5 Å². The maximum absolute atomic E-state index is 13.3. The predicted octanol–water partition coefficient (Wildman–Crippen LogP) is 5.78. The smallest absolute Gasteiger partial charge is 0.410 e. The molecule has 2 saturated heterocycles. The quantitative estimate of drug-likeness (QED) is 0.359. The van der Waals surface area contributed by atoms with Crippen LogP contribution in [0, 0.1) is 0 Å². The predicted molar refractivity (Wildman–Crippen MR) is 167 cm³/mol. The van der Waals surface area contributed by atoms with Gasteiger partial charge in [0.05, 0.1) is 28.9 Å². The number of carbonyl (C=O) groups excluding carboxylic acids is 3. The maximum Gasteiger partial charge on any atom is 0.410 e. The summed E-state index contributed by atoms with van der Waals surface area (Å²) in [7, 11) is 0. The van der Waals surface area contributed by atoms with Crippen molar-refractivity contribution in [3.8, 4) is 11.1 Å². The van der Waals surface area contributed by atoms with Crippen molar-refractivity contribution in [2.24, 2.45) is 0 Å². The number of amides is 3. The minimum atomic E-state index is -0.756. The van der Waals surface area contributed by atoms with Crippen LogP contribution in [0.15, 0.2) is 30.5 Å². The van der Waals surface area contributed by atoms with Crippen molar-refractivity contribution in [3.63, 3.8) is 0 Å². The van der Waals surface area contributed by atoms with Gasteiger partial charge < -0.3 is 14.7 Å². The molecule has 0 saturated carbocycles. The molecule has 3 aliphatic heterocycles. The summed E-state index contributed by atoms with van der Waals surface area (Å²) in [4.78, 5) is 48.7. The Bertz CT molecular complexity index is 1600. The molecule has 1 N–H and O–H groups in total. The molecule has 0 radical (unpaired) electrons. The molecule has 6 rings (SSSR count). The molecule has 228 valence electrons. The average molecular weight is 625 g/mol. The second kappa shape index (κ2) is 11.1. The van der Waals surface area contributed by atoms with Crippen LogP contribution in [0.25, 0.3) is 21.3 Å². The highest BCUT2D eigenvalue weighted by atomic mass is 35.5. The molecule has 0 unspecified atom stereocenters. The molecule has 43 heavy (non-hydrogen) atoms. The standard InChI is InChI=1S/C32H37ClN4O5S/c1-31(2,3)42-30(41)37-16-21(15-32(37,4)18-38)35-11-5-6-19-12-20(33)13-24(28(19)35)23-9-10-34-25-14-22(43-29(23)25)17-36-26(39)7-8-27(36)40/h9-10,12-14,21,38H,5-8,11,15-18H2,1-4H3/t21-,32+/m0/s1. The number of rotatable bonds is 5. The van der Waals surface area contributed by atoms with E-state index in [4.69, 9.17) is 16.3 Å². The van der Waals surface area contributed by atoms with E-state index in [1.54, 1.807) is 11.1 Å². The van der Waals surface area contributed by atoms with E-state index < -0.39 is 17.2 Å². The van der Waals surface area contributed by atoms with Gasteiger partial charge in [0.25, 0.3) is 0 Å². The maximum atomic E-state index is 13.3. The van der Waals surface area contributed by atoms with E-state index in [0.717, 1.165) is 56.9 Å². The summed E-state index contributed by atoms with van der Waals surface area (Å²) < 4.78 is 6.70. The largest absolute Gasteiger partial charge is 0.444 e. The van der Waals surface area contributed by atoms with Crippen LogP contribution < -0.4 is 4.90 Å². The van der Waals surface area contributed by atoms with Crippen LogP contribution in [0.2, 0.25) is 5.02 Å². The number of hydrogen-bond donors (Lipinski definition) is 1. The number of ether oxygens (including phenoxy) is 1. The Morgan fingerprint density at radius 1 is 1.16 bits per heavy atom. The number of likely N-dealkylation sites (tertiary alicyclic amines) is 2. The van der Waals surface area contributed by atoms with E-state index in [1.807, 2.05) is 52.0 Å². The van der Waals surface area contributed by atoms with Crippen molar-refractivity contribution in [1.82, 2.24) is 14.8 Å². The minimum Gasteiger partial charge on any atom is -0.444 e. The third-order valence-electron chi connectivity index (χ3n) is 8.62. The molecule has 2 aromatic heterocycles. The molecular weight excluding hydrogens is 588 g/mol. The lowest BCUT2D eigenvalue weighted by atomic mass is 9.91. The van der Waals surface area contributed by atoms with Gasteiger partial charge in [0.15, 0.2) is 0 Å². The topological polar surface area (TPSA) is 103 Å². The van der Waals surface area contributed by atoms with Crippen LogP contribution in [-0.4, -0.2) is 74.7 Å². The number of nitrogens with zero attached hydrogens (tertiary/aromatic N) is 4. The monoisotopic (exact) mass is 624 g/mol. The summed E-state index contributed by atoms with van der Waals surface area (Å²) >= 11 is 8.26. The Morgan fingerprint density at radius 2 is 1.91 bits per heavy atom. The fourth-order valence-electron chi connectivity index (χ4n) is 6.62. The molecule has 3 aliphatic rings. The molecule has 2 fully saturated rings. The van der Waals surface area contributed by atoms with Crippen LogP contribution in [0.3, 0.4) is 0 Å². The first kappa shape index (κ1) is 29.8. The van der Waals surface area contributed by atoms with E-state index in [9.17, 15) is 19.5 Å². The van der Waals surface area contributed by atoms with Gasteiger partial charge in [-0.15, -0.1) is 11.3 Å². The van der Waals surface area contributed by atoms with Crippen molar-refractivity contribution in [1.29, 1.82) is 0 Å². The highest BCUT2D eigenvalue weighted by molar-refractivity contribution is 7.19. The van der Waals surface area contributed by atoms with E-state index >= 15 is 0 Å². The van der Waals surface area contributed by atoms with Gasteiger partial charge in [-0.2, -0.15) is 0 Å².